The molecule has 3 aromatic heterocycles. The molecule has 4 atom stereocenters. The summed E-state index contributed by atoms with van der Waals surface area (Å²) in [6.45, 7) is 0. The molecule has 9 nitrogen and oxygen atoms in total. The van der Waals surface area contributed by atoms with Crippen LogP contribution in [0.2, 0.25) is 0 Å². The number of thiophene rings is 1. The molecule has 5 N–H and O–H groups in total. The minimum atomic E-state index is -1.05. The first-order valence-corrected chi connectivity index (χ1v) is 9.11. The standard InChI is InChI=1S/C14H14N4O5S2/c15-13-16-10-9(11(21)17-13)25-14(22)18(10)12-5(19)4-6(23-12)8(20)7-2-1-3-24-7/h1-3,5-6,8,12,19-20H,4H2,(H3,15,16,17,21)/t5-,6+,8?,12?/m1/s1. The predicted molar refractivity (Wildman–Crippen MR) is 92.7 cm³/mol. The van der Waals surface area contributed by atoms with Crippen LogP contribution in [0.15, 0.2) is 27.1 Å². The Morgan fingerprint density at radius 2 is 2.28 bits per heavy atom. The minimum absolute atomic E-state index is 0.0616. The molecule has 4 heterocycles. The lowest BCUT2D eigenvalue weighted by atomic mass is 10.1. The molecular formula is C14H14N4O5S2. The quantitative estimate of drug-likeness (QED) is 0.505. The number of hydrogen-bond donors (Lipinski definition) is 4. The maximum atomic E-state index is 12.3. The second kappa shape index (κ2) is 6.04. The number of aliphatic hydroxyl groups excluding tert-OH is 2. The van der Waals surface area contributed by atoms with Crippen molar-refractivity contribution >= 4 is 39.0 Å². The summed E-state index contributed by atoms with van der Waals surface area (Å²) in [6, 6.07) is 3.58. The Bertz CT molecular complexity index is 1020. The fourth-order valence-corrected chi connectivity index (χ4v) is 4.53. The van der Waals surface area contributed by atoms with Gasteiger partial charge in [0, 0.05) is 11.3 Å². The number of nitrogens with two attached hydrogens (primary N) is 1. The molecule has 1 saturated heterocycles. The number of rotatable bonds is 3. The molecule has 0 amide bonds. The van der Waals surface area contributed by atoms with E-state index in [-0.39, 0.29) is 22.7 Å². The van der Waals surface area contributed by atoms with Crippen molar-refractivity contribution < 1.29 is 14.9 Å². The van der Waals surface area contributed by atoms with Crippen LogP contribution in [0.5, 0.6) is 0 Å². The van der Waals surface area contributed by atoms with Crippen LogP contribution in [0.25, 0.3) is 10.3 Å². The fourth-order valence-electron chi connectivity index (χ4n) is 2.93. The van der Waals surface area contributed by atoms with Gasteiger partial charge in [-0.2, -0.15) is 4.98 Å². The summed E-state index contributed by atoms with van der Waals surface area (Å²) < 4.78 is 6.99. The Balaban J connectivity index is 1.73. The number of aromatic nitrogens is 3. The van der Waals surface area contributed by atoms with Crippen LogP contribution in [0.4, 0.5) is 5.95 Å². The van der Waals surface area contributed by atoms with Crippen LogP contribution in [0.3, 0.4) is 0 Å². The van der Waals surface area contributed by atoms with Gasteiger partial charge in [0.15, 0.2) is 11.9 Å². The van der Waals surface area contributed by atoms with Crippen LogP contribution in [-0.2, 0) is 4.74 Å². The third kappa shape index (κ3) is 2.69. The summed E-state index contributed by atoms with van der Waals surface area (Å²) in [5.41, 5.74) is 5.10. The predicted octanol–water partition coefficient (Wildman–Crippen LogP) is 0.172. The van der Waals surface area contributed by atoms with E-state index in [1.54, 1.807) is 6.07 Å². The zero-order valence-corrected chi connectivity index (χ0v) is 14.3. The van der Waals surface area contributed by atoms with Crippen molar-refractivity contribution in [1.29, 1.82) is 0 Å². The molecule has 0 bridgehead atoms. The summed E-state index contributed by atoms with van der Waals surface area (Å²) in [4.78, 5) is 30.8. The maximum Gasteiger partial charge on any atom is 0.311 e. The van der Waals surface area contributed by atoms with Gasteiger partial charge in [0.2, 0.25) is 5.95 Å². The lowest BCUT2D eigenvalue weighted by Crippen LogP contribution is -2.27. The number of nitrogens with zero attached hydrogens (tertiary/aromatic N) is 2. The molecule has 0 aromatic carbocycles. The Kier molecular flexibility index (Phi) is 3.96. The van der Waals surface area contributed by atoms with Crippen molar-refractivity contribution in [1.82, 2.24) is 14.5 Å². The smallest absolute Gasteiger partial charge is 0.311 e. The van der Waals surface area contributed by atoms with Crippen molar-refractivity contribution in [3.05, 3.63) is 42.4 Å². The lowest BCUT2D eigenvalue weighted by Gasteiger charge is -2.18. The molecule has 0 radical (unpaired) electrons. The Labute approximate surface area is 148 Å². The number of fused-ring (bicyclic) bond motifs is 1. The van der Waals surface area contributed by atoms with E-state index in [2.05, 4.69) is 9.97 Å². The Morgan fingerprint density at radius 1 is 1.48 bits per heavy atom. The fraction of sp³-hybridized carbons (Fsp3) is 0.357. The Hall–Kier alpha value is -2.05. The van der Waals surface area contributed by atoms with E-state index in [9.17, 15) is 19.8 Å². The van der Waals surface area contributed by atoms with Crippen molar-refractivity contribution in [3.63, 3.8) is 0 Å². The molecule has 132 valence electrons. The van der Waals surface area contributed by atoms with Gasteiger partial charge in [-0.15, -0.1) is 11.3 Å². The van der Waals surface area contributed by atoms with E-state index in [0.29, 0.717) is 16.2 Å². The highest BCUT2D eigenvalue weighted by molar-refractivity contribution is 7.16. The normalized spacial score (nSPS) is 24.8. The number of ether oxygens (including phenoxy) is 1. The summed E-state index contributed by atoms with van der Waals surface area (Å²) in [5.74, 6) is -0.133. The molecule has 1 aliphatic heterocycles. The summed E-state index contributed by atoms with van der Waals surface area (Å²) in [7, 11) is 0. The topological polar surface area (TPSA) is 143 Å². The zero-order chi connectivity index (χ0) is 17.7. The number of hydrogen-bond acceptors (Lipinski definition) is 9. The van der Waals surface area contributed by atoms with E-state index in [1.807, 2.05) is 11.4 Å². The van der Waals surface area contributed by atoms with Crippen molar-refractivity contribution in [2.45, 2.75) is 31.0 Å². The summed E-state index contributed by atoms with van der Waals surface area (Å²) in [6.07, 6.45) is -3.53. The number of thiazole rings is 1. The molecule has 0 saturated carbocycles. The van der Waals surface area contributed by atoms with Gasteiger partial charge in [0.05, 0.1) is 6.10 Å². The van der Waals surface area contributed by atoms with Crippen LogP contribution in [0, 0.1) is 0 Å². The molecule has 1 aliphatic rings. The first-order chi connectivity index (χ1) is 12.0. The van der Waals surface area contributed by atoms with Gasteiger partial charge in [0.1, 0.15) is 16.9 Å². The van der Waals surface area contributed by atoms with Crippen LogP contribution in [-0.4, -0.2) is 37.0 Å². The summed E-state index contributed by atoms with van der Waals surface area (Å²) in [5, 5.41) is 22.6. The first-order valence-electron chi connectivity index (χ1n) is 7.41. The van der Waals surface area contributed by atoms with Crippen molar-refractivity contribution in [3.8, 4) is 0 Å². The van der Waals surface area contributed by atoms with Gasteiger partial charge in [-0.1, -0.05) is 17.4 Å². The zero-order valence-electron chi connectivity index (χ0n) is 12.7. The van der Waals surface area contributed by atoms with Crippen LogP contribution >= 0.6 is 22.7 Å². The average Bonchev–Trinajstić information content (AvgIpc) is 3.26. The van der Waals surface area contributed by atoms with E-state index < -0.39 is 35.0 Å². The second-order valence-electron chi connectivity index (χ2n) is 5.67. The third-order valence-electron chi connectivity index (χ3n) is 4.05. The first kappa shape index (κ1) is 16.4. The maximum absolute atomic E-state index is 12.3. The molecule has 4 rings (SSSR count). The number of aliphatic hydroxyl groups is 2. The molecular weight excluding hydrogens is 368 g/mol. The highest BCUT2D eigenvalue weighted by atomic mass is 32.1. The van der Waals surface area contributed by atoms with E-state index in [4.69, 9.17) is 10.5 Å². The van der Waals surface area contributed by atoms with Gasteiger partial charge >= 0.3 is 4.87 Å². The van der Waals surface area contributed by atoms with E-state index >= 15 is 0 Å². The monoisotopic (exact) mass is 382 g/mol. The number of aromatic amines is 1. The Morgan fingerprint density at radius 3 is 3.00 bits per heavy atom. The molecule has 25 heavy (non-hydrogen) atoms. The third-order valence-corrected chi connectivity index (χ3v) is 5.94. The molecule has 0 aliphatic carbocycles. The minimum Gasteiger partial charge on any atom is -0.388 e. The largest absolute Gasteiger partial charge is 0.388 e. The van der Waals surface area contributed by atoms with Crippen molar-refractivity contribution in [2.75, 3.05) is 5.73 Å². The van der Waals surface area contributed by atoms with Gasteiger partial charge in [0.25, 0.3) is 5.56 Å². The SMILES string of the molecule is Nc1nc2c(sc(=O)n2C2O[C@H](C(O)c3cccs3)C[C@H]2O)c(=O)[nH]1. The lowest BCUT2D eigenvalue weighted by molar-refractivity contribution is -0.0750. The van der Waals surface area contributed by atoms with Gasteiger partial charge in [-0.3, -0.25) is 19.1 Å². The average molecular weight is 382 g/mol. The molecule has 2 unspecified atom stereocenters. The van der Waals surface area contributed by atoms with Crippen molar-refractivity contribution in [2.24, 2.45) is 0 Å². The van der Waals surface area contributed by atoms with E-state index in [1.165, 1.54) is 11.3 Å². The van der Waals surface area contributed by atoms with Gasteiger partial charge in [-0.25, -0.2) is 0 Å². The van der Waals surface area contributed by atoms with Gasteiger partial charge in [-0.05, 0) is 11.4 Å². The molecule has 3 aromatic rings. The number of anilines is 1. The highest BCUT2D eigenvalue weighted by Crippen LogP contribution is 2.37. The summed E-state index contributed by atoms with van der Waals surface area (Å²) >= 11 is 2.08. The van der Waals surface area contributed by atoms with E-state index in [0.717, 1.165) is 4.57 Å². The number of H-pyrrole nitrogens is 1. The van der Waals surface area contributed by atoms with Gasteiger partial charge < -0.3 is 20.7 Å². The molecule has 11 heteroatoms. The number of nitrogens with one attached hydrogen (secondary N) is 1. The molecule has 0 spiro atoms. The second-order valence-corrected chi connectivity index (χ2v) is 7.61. The van der Waals surface area contributed by atoms with Crippen LogP contribution < -0.4 is 16.2 Å². The van der Waals surface area contributed by atoms with Crippen LogP contribution in [0.1, 0.15) is 23.6 Å². The molecule has 1 fully saturated rings. The highest BCUT2D eigenvalue weighted by Gasteiger charge is 2.41. The number of nitrogen functional groups attached to an aromatic ring is 1.